The van der Waals surface area contributed by atoms with Crippen LogP contribution in [0.4, 0.5) is 17.6 Å². The van der Waals surface area contributed by atoms with Crippen molar-refractivity contribution in [1.82, 2.24) is 4.31 Å². The van der Waals surface area contributed by atoms with E-state index in [9.17, 15) is 30.8 Å². The first kappa shape index (κ1) is 16.7. The average Bonchev–Trinajstić information content (AvgIpc) is 2.87. The molecule has 1 aliphatic rings. The molecule has 0 aromatic heterocycles. The van der Waals surface area contributed by atoms with Gasteiger partial charge in [-0.3, -0.25) is 4.79 Å². The lowest BCUT2D eigenvalue weighted by Gasteiger charge is -2.17. The summed E-state index contributed by atoms with van der Waals surface area (Å²) in [5.41, 5.74) is -1.56. The molecule has 22 heavy (non-hydrogen) atoms. The van der Waals surface area contributed by atoms with Crippen LogP contribution in [0.1, 0.15) is 12.0 Å². The molecule has 1 atom stereocenters. The largest absolute Gasteiger partial charge is 0.481 e. The molecule has 1 aromatic rings. The lowest BCUT2D eigenvalue weighted by molar-refractivity contribution is -0.141. The van der Waals surface area contributed by atoms with E-state index in [0.717, 1.165) is 4.31 Å². The van der Waals surface area contributed by atoms with Crippen LogP contribution in [0.3, 0.4) is 0 Å². The Morgan fingerprint density at radius 2 is 1.95 bits per heavy atom. The maximum atomic E-state index is 13.5. The molecule has 0 spiro atoms. The number of aliphatic carboxylic acids is 1. The van der Waals surface area contributed by atoms with Gasteiger partial charge in [0.25, 0.3) is 0 Å². The van der Waals surface area contributed by atoms with Crippen molar-refractivity contribution in [3.63, 3.8) is 0 Å². The van der Waals surface area contributed by atoms with E-state index in [1.54, 1.807) is 0 Å². The Morgan fingerprint density at radius 3 is 2.41 bits per heavy atom. The molecular weight excluding hydrogens is 330 g/mol. The van der Waals surface area contributed by atoms with Gasteiger partial charge in [0.1, 0.15) is 5.82 Å². The van der Waals surface area contributed by atoms with Gasteiger partial charge in [0.2, 0.25) is 10.0 Å². The molecule has 0 aliphatic carbocycles. The van der Waals surface area contributed by atoms with Gasteiger partial charge >= 0.3 is 12.1 Å². The molecular formula is C12H11F4NO4S. The van der Waals surface area contributed by atoms with E-state index >= 15 is 0 Å². The maximum Gasteiger partial charge on any atom is 0.419 e. The molecule has 5 nitrogen and oxygen atoms in total. The summed E-state index contributed by atoms with van der Waals surface area (Å²) in [5.74, 6) is -3.73. The number of hydrogen-bond acceptors (Lipinski definition) is 3. The predicted molar refractivity (Wildman–Crippen MR) is 65.9 cm³/mol. The Bertz CT molecular complexity index is 702. The molecule has 0 bridgehead atoms. The maximum absolute atomic E-state index is 13.5. The Kier molecular flexibility index (Phi) is 4.18. The van der Waals surface area contributed by atoms with Gasteiger partial charge in [0.05, 0.1) is 16.4 Å². The molecule has 1 aromatic carbocycles. The van der Waals surface area contributed by atoms with E-state index in [-0.39, 0.29) is 19.5 Å². The van der Waals surface area contributed by atoms with Crippen molar-refractivity contribution in [2.24, 2.45) is 5.92 Å². The second-order valence-electron chi connectivity index (χ2n) is 4.83. The van der Waals surface area contributed by atoms with Crippen molar-refractivity contribution in [2.45, 2.75) is 17.5 Å². The quantitative estimate of drug-likeness (QED) is 0.853. The van der Waals surface area contributed by atoms with E-state index < -0.39 is 44.4 Å². The van der Waals surface area contributed by atoms with Gasteiger partial charge in [-0.1, -0.05) is 0 Å². The summed E-state index contributed by atoms with van der Waals surface area (Å²) in [7, 11) is -4.23. The molecule has 1 N–H and O–H groups in total. The van der Waals surface area contributed by atoms with Crippen molar-refractivity contribution in [1.29, 1.82) is 0 Å². The zero-order valence-electron chi connectivity index (χ0n) is 11.0. The second kappa shape index (κ2) is 5.51. The average molecular weight is 341 g/mol. The molecule has 0 amide bonds. The number of rotatable bonds is 3. The van der Waals surface area contributed by atoms with E-state index in [4.69, 9.17) is 5.11 Å². The minimum Gasteiger partial charge on any atom is -0.481 e. The Morgan fingerprint density at radius 1 is 1.32 bits per heavy atom. The van der Waals surface area contributed by atoms with Crippen molar-refractivity contribution in [3.05, 3.63) is 29.6 Å². The first-order valence-electron chi connectivity index (χ1n) is 6.13. The number of carbonyl (C=O) groups is 1. The highest BCUT2D eigenvalue weighted by molar-refractivity contribution is 7.89. The van der Waals surface area contributed by atoms with Crippen molar-refractivity contribution < 1.29 is 35.9 Å². The highest BCUT2D eigenvalue weighted by Crippen LogP contribution is 2.33. The van der Waals surface area contributed by atoms with E-state index in [2.05, 4.69) is 0 Å². The number of carboxylic acids is 1. The zero-order chi connectivity index (χ0) is 16.7. The molecule has 1 saturated heterocycles. The molecule has 1 heterocycles. The fourth-order valence-corrected chi connectivity index (χ4v) is 3.70. The highest BCUT2D eigenvalue weighted by Gasteiger charge is 2.38. The third-order valence-electron chi connectivity index (χ3n) is 3.38. The SMILES string of the molecule is O=C(O)C1CCN(S(=O)(=O)c2ccc(C(F)(F)F)c(F)c2)C1. The van der Waals surface area contributed by atoms with Crippen molar-refractivity contribution >= 4 is 16.0 Å². The first-order valence-corrected chi connectivity index (χ1v) is 7.57. The normalized spacial score (nSPS) is 20.3. The molecule has 1 aliphatic heterocycles. The fourth-order valence-electron chi connectivity index (χ4n) is 2.18. The molecule has 0 saturated carbocycles. The Hall–Kier alpha value is -1.68. The number of nitrogens with zero attached hydrogens (tertiary/aromatic N) is 1. The van der Waals surface area contributed by atoms with Crippen LogP contribution in [0.5, 0.6) is 0 Å². The van der Waals surface area contributed by atoms with Crippen molar-refractivity contribution in [3.8, 4) is 0 Å². The summed E-state index contributed by atoms with van der Waals surface area (Å²) in [6.45, 7) is -0.373. The standard InChI is InChI=1S/C12H11F4NO4S/c13-10-5-8(1-2-9(10)12(14,15)16)22(20,21)17-4-3-7(6-17)11(18)19/h1-2,5,7H,3-4,6H2,(H,18,19). The minimum absolute atomic E-state index is 0.0814. The summed E-state index contributed by atoms with van der Waals surface area (Å²) >= 11 is 0. The Balaban J connectivity index is 2.32. The Labute approximate surface area is 123 Å². The van der Waals surface area contributed by atoms with Crippen LogP contribution in [-0.4, -0.2) is 36.9 Å². The second-order valence-corrected chi connectivity index (χ2v) is 6.76. The van der Waals surface area contributed by atoms with Crippen LogP contribution in [0.15, 0.2) is 23.1 Å². The number of sulfonamides is 1. The number of halogens is 4. The lowest BCUT2D eigenvalue weighted by atomic mass is 10.1. The third kappa shape index (κ3) is 3.07. The topological polar surface area (TPSA) is 74.7 Å². The van der Waals surface area contributed by atoms with Gasteiger partial charge in [-0.15, -0.1) is 0 Å². The number of alkyl halides is 3. The van der Waals surface area contributed by atoms with E-state index in [1.165, 1.54) is 0 Å². The summed E-state index contributed by atoms with van der Waals surface area (Å²) in [5, 5.41) is 8.83. The summed E-state index contributed by atoms with van der Waals surface area (Å²) in [4.78, 5) is 10.2. The van der Waals surface area contributed by atoms with Gasteiger partial charge in [0.15, 0.2) is 0 Å². The minimum atomic E-state index is -4.92. The first-order chi connectivity index (χ1) is 10.0. The van der Waals surface area contributed by atoms with Crippen molar-refractivity contribution in [2.75, 3.05) is 13.1 Å². The van der Waals surface area contributed by atoms with Crippen LogP contribution >= 0.6 is 0 Å². The monoisotopic (exact) mass is 341 g/mol. The van der Waals surface area contributed by atoms with Gasteiger partial charge in [-0.05, 0) is 24.6 Å². The molecule has 0 radical (unpaired) electrons. The number of hydrogen-bond donors (Lipinski definition) is 1. The molecule has 122 valence electrons. The van der Waals surface area contributed by atoms with E-state index in [1.807, 2.05) is 0 Å². The third-order valence-corrected chi connectivity index (χ3v) is 5.25. The summed E-state index contributed by atoms with van der Waals surface area (Å²) < 4.78 is 76.1. The van der Waals surface area contributed by atoms with Crippen LogP contribution in [0.2, 0.25) is 0 Å². The van der Waals surface area contributed by atoms with Gasteiger partial charge < -0.3 is 5.11 Å². The van der Waals surface area contributed by atoms with Gasteiger partial charge in [-0.25, -0.2) is 12.8 Å². The lowest BCUT2D eigenvalue weighted by Crippen LogP contribution is -2.30. The van der Waals surface area contributed by atoms with Gasteiger partial charge in [-0.2, -0.15) is 17.5 Å². The predicted octanol–water partition coefficient (Wildman–Crippen LogP) is 1.94. The molecule has 10 heteroatoms. The number of benzene rings is 1. The van der Waals surface area contributed by atoms with E-state index in [0.29, 0.717) is 18.2 Å². The van der Waals surface area contributed by atoms with Crippen LogP contribution in [-0.2, 0) is 21.0 Å². The molecule has 2 rings (SSSR count). The fraction of sp³-hybridized carbons (Fsp3) is 0.417. The molecule has 1 unspecified atom stereocenters. The number of carboxylic acid groups (broad SMARTS) is 1. The molecule has 1 fully saturated rings. The van der Waals surface area contributed by atoms with Crippen LogP contribution in [0.25, 0.3) is 0 Å². The summed E-state index contributed by atoms with van der Waals surface area (Å²) in [6, 6.07) is 1.31. The highest BCUT2D eigenvalue weighted by atomic mass is 32.2. The zero-order valence-corrected chi connectivity index (χ0v) is 11.8. The smallest absolute Gasteiger partial charge is 0.419 e. The van der Waals surface area contributed by atoms with Gasteiger partial charge in [0, 0.05) is 13.1 Å². The van der Waals surface area contributed by atoms with Crippen LogP contribution < -0.4 is 0 Å². The van der Waals surface area contributed by atoms with Crippen LogP contribution in [0, 0.1) is 11.7 Å². The summed E-state index contributed by atoms with van der Waals surface area (Å²) in [6.07, 6.45) is -4.83.